The van der Waals surface area contributed by atoms with E-state index in [1.54, 1.807) is 17.5 Å². The van der Waals surface area contributed by atoms with E-state index in [0.717, 1.165) is 40.5 Å². The van der Waals surface area contributed by atoms with E-state index in [-0.39, 0.29) is 0 Å². The van der Waals surface area contributed by atoms with Gasteiger partial charge in [-0.05, 0) is 50.7 Å². The van der Waals surface area contributed by atoms with Crippen LogP contribution in [0.15, 0.2) is 60.9 Å². The average Bonchev–Trinajstić information content (AvgIpc) is 3.24. The summed E-state index contributed by atoms with van der Waals surface area (Å²) in [5.74, 6) is 1.79. The van der Waals surface area contributed by atoms with Gasteiger partial charge in [0, 0.05) is 42.0 Å². The lowest BCUT2D eigenvalue weighted by atomic mass is 10.0. The number of likely N-dealkylation sites (N-methyl/N-ethyl adjacent to an activating group) is 1. The van der Waals surface area contributed by atoms with Gasteiger partial charge in [0.2, 0.25) is 0 Å². The van der Waals surface area contributed by atoms with Crippen molar-refractivity contribution in [3.63, 3.8) is 0 Å². The maximum absolute atomic E-state index is 5.06. The Morgan fingerprint density at radius 2 is 1.87 bits per heavy atom. The molecule has 0 radical (unpaired) electrons. The Balaban J connectivity index is 1.65. The van der Waals surface area contributed by atoms with Crippen LogP contribution in [-0.2, 0) is 0 Å². The minimum atomic E-state index is 0.540. The first-order valence-electron chi connectivity index (χ1n) is 10.4. The Hall–Kier alpha value is -2.83. The Labute approximate surface area is 181 Å². The van der Waals surface area contributed by atoms with Gasteiger partial charge in [-0.1, -0.05) is 30.3 Å². The first-order chi connectivity index (χ1) is 14.7. The molecule has 0 saturated carbocycles. The van der Waals surface area contributed by atoms with Gasteiger partial charge in [-0.15, -0.1) is 11.3 Å². The molecule has 1 atom stereocenters. The van der Waals surface area contributed by atoms with Crippen LogP contribution in [0.1, 0.15) is 12.8 Å². The maximum Gasteiger partial charge on any atom is 0.164 e. The van der Waals surface area contributed by atoms with Crippen LogP contribution in [0.25, 0.3) is 32.0 Å². The molecular formula is C24H25N5S. The number of nitrogens with zero attached hydrogens (tertiary/aromatic N) is 5. The van der Waals surface area contributed by atoms with Gasteiger partial charge >= 0.3 is 0 Å². The zero-order valence-electron chi connectivity index (χ0n) is 17.3. The normalized spacial score (nSPS) is 17.0. The van der Waals surface area contributed by atoms with Crippen LogP contribution in [-0.4, -0.2) is 53.1 Å². The molecule has 1 aliphatic heterocycles. The third-order valence-electron chi connectivity index (χ3n) is 5.78. The highest BCUT2D eigenvalue weighted by Gasteiger charge is 2.25. The SMILES string of the molecule is CN(C)C1CCCN(c2nc(-c3cccnc3)nc3sc(-c4ccccc4)cc23)C1. The summed E-state index contributed by atoms with van der Waals surface area (Å²) >= 11 is 1.74. The Morgan fingerprint density at radius 3 is 2.63 bits per heavy atom. The summed E-state index contributed by atoms with van der Waals surface area (Å²) in [7, 11) is 4.34. The van der Waals surface area contributed by atoms with E-state index in [1.165, 1.54) is 23.3 Å². The topological polar surface area (TPSA) is 45.2 Å². The van der Waals surface area contributed by atoms with Crippen LogP contribution >= 0.6 is 11.3 Å². The van der Waals surface area contributed by atoms with E-state index in [4.69, 9.17) is 9.97 Å². The van der Waals surface area contributed by atoms with Crippen LogP contribution in [0.4, 0.5) is 5.82 Å². The van der Waals surface area contributed by atoms with Gasteiger partial charge in [-0.3, -0.25) is 4.98 Å². The van der Waals surface area contributed by atoms with E-state index >= 15 is 0 Å². The number of aromatic nitrogens is 3. The number of hydrogen-bond acceptors (Lipinski definition) is 6. The molecule has 4 heterocycles. The van der Waals surface area contributed by atoms with Crippen molar-refractivity contribution in [1.82, 2.24) is 19.9 Å². The van der Waals surface area contributed by atoms with E-state index in [1.807, 2.05) is 18.3 Å². The molecule has 0 aliphatic carbocycles. The molecule has 0 bridgehead atoms. The minimum absolute atomic E-state index is 0.540. The fourth-order valence-corrected chi connectivity index (χ4v) is 5.12. The highest BCUT2D eigenvalue weighted by atomic mass is 32.1. The predicted octanol–water partition coefficient (Wildman–Crippen LogP) is 4.95. The molecule has 1 fully saturated rings. The zero-order valence-corrected chi connectivity index (χ0v) is 18.1. The fourth-order valence-electron chi connectivity index (χ4n) is 4.08. The number of hydrogen-bond donors (Lipinski definition) is 0. The maximum atomic E-state index is 5.06. The second-order valence-electron chi connectivity index (χ2n) is 8.01. The van der Waals surface area contributed by atoms with Gasteiger partial charge in [-0.25, -0.2) is 9.97 Å². The molecular weight excluding hydrogens is 390 g/mol. The van der Waals surface area contributed by atoms with E-state index in [0.29, 0.717) is 6.04 Å². The van der Waals surface area contributed by atoms with Gasteiger partial charge in [0.25, 0.3) is 0 Å². The number of anilines is 1. The first kappa shape index (κ1) is 19.2. The van der Waals surface area contributed by atoms with Crippen molar-refractivity contribution in [2.24, 2.45) is 0 Å². The number of pyridine rings is 1. The smallest absolute Gasteiger partial charge is 0.164 e. The van der Waals surface area contributed by atoms with Gasteiger partial charge in [0.15, 0.2) is 5.82 Å². The molecule has 3 aromatic heterocycles. The van der Waals surface area contributed by atoms with E-state index < -0.39 is 0 Å². The van der Waals surface area contributed by atoms with Crippen LogP contribution in [0.5, 0.6) is 0 Å². The lowest BCUT2D eigenvalue weighted by Gasteiger charge is -2.37. The quantitative estimate of drug-likeness (QED) is 0.472. The molecule has 1 aliphatic rings. The highest BCUT2D eigenvalue weighted by molar-refractivity contribution is 7.22. The van der Waals surface area contributed by atoms with Crippen molar-refractivity contribution in [2.45, 2.75) is 18.9 Å². The summed E-state index contributed by atoms with van der Waals surface area (Å²) in [5, 5.41) is 1.14. The first-order valence-corrected chi connectivity index (χ1v) is 11.2. The Kier molecular flexibility index (Phi) is 5.19. The van der Waals surface area contributed by atoms with Crippen LogP contribution in [0, 0.1) is 0 Å². The second-order valence-corrected chi connectivity index (χ2v) is 9.04. The lowest BCUT2D eigenvalue weighted by Crippen LogP contribution is -2.45. The standard InChI is InChI=1S/C24H25N5S/c1-28(2)19-11-7-13-29(16-19)23-20-14-21(17-8-4-3-5-9-17)30-24(20)27-22(26-23)18-10-6-12-25-15-18/h3-6,8-10,12,14-15,19H,7,11,13,16H2,1-2H3. The summed E-state index contributed by atoms with van der Waals surface area (Å²) in [6.45, 7) is 2.02. The summed E-state index contributed by atoms with van der Waals surface area (Å²) in [4.78, 5) is 21.3. The molecule has 0 N–H and O–H groups in total. The zero-order chi connectivity index (χ0) is 20.5. The van der Waals surface area contributed by atoms with Gasteiger partial charge in [0.1, 0.15) is 10.6 Å². The molecule has 5 nitrogen and oxygen atoms in total. The van der Waals surface area contributed by atoms with Gasteiger partial charge in [-0.2, -0.15) is 0 Å². The number of rotatable bonds is 4. The van der Waals surface area contributed by atoms with Crippen LogP contribution in [0.2, 0.25) is 0 Å². The van der Waals surface area contributed by atoms with Gasteiger partial charge < -0.3 is 9.80 Å². The van der Waals surface area contributed by atoms with E-state index in [9.17, 15) is 0 Å². The number of benzene rings is 1. The fraction of sp³-hybridized carbons (Fsp3) is 0.292. The summed E-state index contributed by atoms with van der Waals surface area (Å²) in [6.07, 6.45) is 6.03. The van der Waals surface area contributed by atoms with Crippen molar-refractivity contribution in [1.29, 1.82) is 0 Å². The molecule has 1 unspecified atom stereocenters. The van der Waals surface area contributed by atoms with Crippen molar-refractivity contribution in [3.05, 3.63) is 60.9 Å². The largest absolute Gasteiger partial charge is 0.354 e. The molecule has 0 spiro atoms. The molecule has 1 aromatic carbocycles. The molecule has 0 amide bonds. The number of thiophene rings is 1. The summed E-state index contributed by atoms with van der Waals surface area (Å²) in [6, 6.07) is 17.3. The highest BCUT2D eigenvalue weighted by Crippen LogP contribution is 2.38. The molecule has 1 saturated heterocycles. The second kappa shape index (κ2) is 8.13. The van der Waals surface area contributed by atoms with Crippen LogP contribution < -0.4 is 4.90 Å². The minimum Gasteiger partial charge on any atom is -0.354 e. The lowest BCUT2D eigenvalue weighted by molar-refractivity contribution is 0.257. The number of piperidine rings is 1. The molecule has 4 aromatic rings. The van der Waals surface area contributed by atoms with Gasteiger partial charge in [0.05, 0.1) is 5.39 Å². The van der Waals surface area contributed by atoms with Crippen molar-refractivity contribution in [2.75, 3.05) is 32.1 Å². The van der Waals surface area contributed by atoms with E-state index in [2.05, 4.69) is 65.3 Å². The molecule has 30 heavy (non-hydrogen) atoms. The van der Waals surface area contributed by atoms with Crippen molar-refractivity contribution < 1.29 is 0 Å². The average molecular weight is 416 g/mol. The monoisotopic (exact) mass is 415 g/mol. The van der Waals surface area contributed by atoms with Crippen LogP contribution in [0.3, 0.4) is 0 Å². The number of fused-ring (bicyclic) bond motifs is 1. The molecule has 5 rings (SSSR count). The third-order valence-corrected chi connectivity index (χ3v) is 6.86. The van der Waals surface area contributed by atoms with Crippen molar-refractivity contribution >= 4 is 27.4 Å². The Morgan fingerprint density at radius 1 is 1.03 bits per heavy atom. The van der Waals surface area contributed by atoms with Crippen molar-refractivity contribution in [3.8, 4) is 21.8 Å². The summed E-state index contributed by atoms with van der Waals surface area (Å²) < 4.78 is 0. The predicted molar refractivity (Wildman–Crippen MR) is 125 cm³/mol. The molecule has 152 valence electrons. The summed E-state index contributed by atoms with van der Waals surface area (Å²) in [5.41, 5.74) is 2.18. The third kappa shape index (κ3) is 3.68. The molecule has 6 heteroatoms. The Bertz CT molecular complexity index is 1140.